The maximum Gasteiger partial charge on any atom is 0.351 e. The highest BCUT2D eigenvalue weighted by Gasteiger charge is 2.40. The first-order valence-electron chi connectivity index (χ1n) is 6.46. The first-order valence-corrected chi connectivity index (χ1v) is 6.46. The standard InChI is InChI=1S/C14H23NO3/c1-5-8-14(17,11(2)3)13(16)18-12-6-9-15(4)10-7-12/h11-12,17H,6-7,9-10H2,1-4H3/t14-/m0/s1. The van der Waals surface area contributed by atoms with Crippen molar-refractivity contribution in [2.24, 2.45) is 5.92 Å². The molecule has 0 amide bonds. The van der Waals surface area contributed by atoms with Gasteiger partial charge in [-0.2, -0.15) is 0 Å². The average molecular weight is 253 g/mol. The molecule has 1 aliphatic rings. The van der Waals surface area contributed by atoms with Crippen molar-refractivity contribution in [3.63, 3.8) is 0 Å². The van der Waals surface area contributed by atoms with E-state index in [-0.39, 0.29) is 12.0 Å². The van der Waals surface area contributed by atoms with E-state index < -0.39 is 11.6 Å². The molecule has 0 aromatic heterocycles. The number of piperidine rings is 1. The van der Waals surface area contributed by atoms with Crippen LogP contribution < -0.4 is 0 Å². The molecule has 1 rings (SSSR count). The lowest BCUT2D eigenvalue weighted by atomic mass is 9.91. The quantitative estimate of drug-likeness (QED) is 0.603. The highest BCUT2D eigenvalue weighted by atomic mass is 16.6. The molecule has 1 atom stereocenters. The van der Waals surface area contributed by atoms with E-state index in [0.29, 0.717) is 0 Å². The normalized spacial score (nSPS) is 21.0. The lowest BCUT2D eigenvalue weighted by molar-refractivity contribution is -0.170. The number of likely N-dealkylation sites (tertiary alicyclic amines) is 1. The van der Waals surface area contributed by atoms with Crippen LogP contribution >= 0.6 is 0 Å². The van der Waals surface area contributed by atoms with Crippen LogP contribution in [0, 0.1) is 17.8 Å². The van der Waals surface area contributed by atoms with E-state index in [9.17, 15) is 9.90 Å². The van der Waals surface area contributed by atoms with Gasteiger partial charge in [-0.3, -0.25) is 0 Å². The van der Waals surface area contributed by atoms with Gasteiger partial charge in [-0.05, 0) is 26.8 Å². The van der Waals surface area contributed by atoms with Crippen LogP contribution in [-0.2, 0) is 9.53 Å². The van der Waals surface area contributed by atoms with Gasteiger partial charge in [0.25, 0.3) is 0 Å². The van der Waals surface area contributed by atoms with Crippen molar-refractivity contribution in [1.29, 1.82) is 0 Å². The summed E-state index contributed by atoms with van der Waals surface area (Å²) in [5, 5.41) is 10.3. The second-order valence-electron chi connectivity index (χ2n) is 5.20. The van der Waals surface area contributed by atoms with Gasteiger partial charge in [-0.25, -0.2) is 4.79 Å². The molecule has 1 heterocycles. The van der Waals surface area contributed by atoms with Crippen molar-refractivity contribution < 1.29 is 14.6 Å². The van der Waals surface area contributed by atoms with Crippen LogP contribution in [0.25, 0.3) is 0 Å². The molecule has 0 aliphatic carbocycles. The van der Waals surface area contributed by atoms with Crippen molar-refractivity contribution in [2.75, 3.05) is 20.1 Å². The van der Waals surface area contributed by atoms with Gasteiger partial charge < -0.3 is 14.7 Å². The van der Waals surface area contributed by atoms with Gasteiger partial charge in [0, 0.05) is 19.0 Å². The summed E-state index contributed by atoms with van der Waals surface area (Å²) in [5.74, 6) is 4.28. The number of aliphatic hydroxyl groups is 1. The smallest absolute Gasteiger partial charge is 0.351 e. The summed E-state index contributed by atoms with van der Waals surface area (Å²) in [6, 6.07) is 0. The number of ether oxygens (including phenoxy) is 1. The Bertz CT molecular complexity index is 348. The lowest BCUT2D eigenvalue weighted by Crippen LogP contribution is -2.46. The molecule has 18 heavy (non-hydrogen) atoms. The molecule has 0 unspecified atom stereocenters. The minimum absolute atomic E-state index is 0.0994. The van der Waals surface area contributed by atoms with Crippen molar-refractivity contribution in [2.45, 2.75) is 45.3 Å². The first-order chi connectivity index (χ1) is 8.40. The average Bonchev–Trinajstić information content (AvgIpc) is 2.32. The summed E-state index contributed by atoms with van der Waals surface area (Å²) in [4.78, 5) is 14.3. The first kappa shape index (κ1) is 15.0. The molecule has 0 radical (unpaired) electrons. The molecule has 1 fully saturated rings. The zero-order valence-electron chi connectivity index (χ0n) is 11.7. The lowest BCUT2D eigenvalue weighted by Gasteiger charge is -2.31. The molecule has 1 saturated heterocycles. The number of hydrogen-bond donors (Lipinski definition) is 1. The third-order valence-corrected chi connectivity index (χ3v) is 3.40. The fraction of sp³-hybridized carbons (Fsp3) is 0.786. The Labute approximate surface area is 109 Å². The minimum atomic E-state index is -1.68. The van der Waals surface area contributed by atoms with E-state index in [1.54, 1.807) is 20.8 Å². The monoisotopic (exact) mass is 253 g/mol. The predicted octanol–water partition coefficient (Wildman–Crippen LogP) is 1.03. The van der Waals surface area contributed by atoms with Crippen molar-refractivity contribution >= 4 is 5.97 Å². The Hall–Kier alpha value is -1.05. The molecule has 4 nitrogen and oxygen atoms in total. The molecule has 1 aliphatic heterocycles. The van der Waals surface area contributed by atoms with E-state index in [0.717, 1.165) is 25.9 Å². The topological polar surface area (TPSA) is 49.8 Å². The number of esters is 1. The Kier molecular flexibility index (Phi) is 5.18. The van der Waals surface area contributed by atoms with E-state index in [2.05, 4.69) is 16.7 Å². The third kappa shape index (κ3) is 3.47. The largest absolute Gasteiger partial charge is 0.459 e. The molecule has 0 bridgehead atoms. The Morgan fingerprint density at radius 1 is 1.44 bits per heavy atom. The second kappa shape index (κ2) is 6.21. The van der Waals surface area contributed by atoms with Crippen molar-refractivity contribution in [3.05, 3.63) is 0 Å². The summed E-state index contributed by atoms with van der Waals surface area (Å²) in [5.41, 5.74) is -1.68. The molecule has 0 aromatic rings. The van der Waals surface area contributed by atoms with E-state index in [1.165, 1.54) is 0 Å². The van der Waals surface area contributed by atoms with Gasteiger partial charge in [0.05, 0.1) is 0 Å². The van der Waals surface area contributed by atoms with E-state index in [1.807, 2.05) is 7.05 Å². The summed E-state index contributed by atoms with van der Waals surface area (Å²) in [7, 11) is 2.05. The summed E-state index contributed by atoms with van der Waals surface area (Å²) in [6.45, 7) is 6.96. The summed E-state index contributed by atoms with van der Waals surface area (Å²) < 4.78 is 5.40. The molecule has 0 aromatic carbocycles. The zero-order chi connectivity index (χ0) is 13.8. The maximum absolute atomic E-state index is 12.1. The molecular weight excluding hydrogens is 230 g/mol. The van der Waals surface area contributed by atoms with Crippen molar-refractivity contribution in [3.8, 4) is 11.8 Å². The highest BCUT2D eigenvalue weighted by molar-refractivity contribution is 5.83. The number of carbonyl (C=O) groups excluding carboxylic acids is 1. The number of nitrogens with zero attached hydrogens (tertiary/aromatic N) is 1. The van der Waals surface area contributed by atoms with Gasteiger partial charge in [-0.1, -0.05) is 19.8 Å². The zero-order valence-corrected chi connectivity index (χ0v) is 11.7. The highest BCUT2D eigenvalue weighted by Crippen LogP contribution is 2.21. The number of carbonyl (C=O) groups is 1. The SMILES string of the molecule is CC#C[C@@](O)(C(=O)OC1CCN(C)CC1)C(C)C. The number of rotatable bonds is 3. The molecule has 102 valence electrons. The molecule has 1 N–H and O–H groups in total. The summed E-state index contributed by atoms with van der Waals surface area (Å²) in [6.07, 6.45) is 1.53. The van der Waals surface area contributed by atoms with Gasteiger partial charge in [0.15, 0.2) is 0 Å². The van der Waals surface area contributed by atoms with Crippen LogP contribution in [0.2, 0.25) is 0 Å². The van der Waals surface area contributed by atoms with Crippen molar-refractivity contribution in [1.82, 2.24) is 4.90 Å². The van der Waals surface area contributed by atoms with Gasteiger partial charge in [0.2, 0.25) is 5.60 Å². The third-order valence-electron chi connectivity index (χ3n) is 3.40. The minimum Gasteiger partial charge on any atom is -0.459 e. The van der Waals surface area contributed by atoms with E-state index >= 15 is 0 Å². The van der Waals surface area contributed by atoms with E-state index in [4.69, 9.17) is 4.74 Å². The molecule has 4 heteroatoms. The van der Waals surface area contributed by atoms with Crippen LogP contribution in [0.3, 0.4) is 0 Å². The van der Waals surface area contributed by atoms with Gasteiger partial charge in [-0.15, -0.1) is 5.92 Å². The van der Waals surface area contributed by atoms with Crippen LogP contribution in [0.15, 0.2) is 0 Å². The van der Waals surface area contributed by atoms with Crippen LogP contribution in [0.4, 0.5) is 0 Å². The Balaban J connectivity index is 2.65. The van der Waals surface area contributed by atoms with Crippen LogP contribution in [0.5, 0.6) is 0 Å². The van der Waals surface area contributed by atoms with Gasteiger partial charge >= 0.3 is 5.97 Å². The molecule has 0 spiro atoms. The van der Waals surface area contributed by atoms with Crippen LogP contribution in [0.1, 0.15) is 33.6 Å². The molecular formula is C14H23NO3. The van der Waals surface area contributed by atoms with Crippen LogP contribution in [-0.4, -0.2) is 47.8 Å². The Morgan fingerprint density at radius 2 is 2.00 bits per heavy atom. The number of hydrogen-bond acceptors (Lipinski definition) is 4. The fourth-order valence-electron chi connectivity index (χ4n) is 1.97. The molecule has 0 saturated carbocycles. The summed E-state index contributed by atoms with van der Waals surface area (Å²) >= 11 is 0. The maximum atomic E-state index is 12.1. The van der Waals surface area contributed by atoms with Gasteiger partial charge in [0.1, 0.15) is 6.10 Å². The predicted molar refractivity (Wildman–Crippen MR) is 69.8 cm³/mol. The second-order valence-corrected chi connectivity index (χ2v) is 5.20. The Morgan fingerprint density at radius 3 is 2.44 bits per heavy atom. The fourth-order valence-corrected chi connectivity index (χ4v) is 1.97.